The second-order valence-electron chi connectivity index (χ2n) is 4.94. The van der Waals surface area contributed by atoms with Crippen molar-refractivity contribution in [3.05, 3.63) is 29.3 Å². The standard InChI is InChI=1S/C14H19N3O2S3/c1-4-11-7-5-6-10(2)12(11)15-13-16-17-14(21-13)20-8-9-22(3,18)19/h5-7H,4,8-9H2,1-3H3,(H,15,16). The molecule has 120 valence electrons. The molecule has 1 heterocycles. The average molecular weight is 358 g/mol. The summed E-state index contributed by atoms with van der Waals surface area (Å²) in [6.07, 6.45) is 2.18. The number of nitrogens with one attached hydrogen (secondary N) is 1. The van der Waals surface area contributed by atoms with Gasteiger partial charge in [-0.05, 0) is 24.5 Å². The lowest BCUT2D eigenvalue weighted by molar-refractivity contribution is 0.603. The van der Waals surface area contributed by atoms with Gasteiger partial charge in [0.2, 0.25) is 5.13 Å². The molecule has 0 saturated carbocycles. The van der Waals surface area contributed by atoms with Crippen LogP contribution in [0.15, 0.2) is 22.5 Å². The zero-order valence-electron chi connectivity index (χ0n) is 12.8. The highest BCUT2D eigenvalue weighted by Crippen LogP contribution is 2.30. The van der Waals surface area contributed by atoms with Gasteiger partial charge in [-0.3, -0.25) is 0 Å². The van der Waals surface area contributed by atoms with Crippen LogP contribution < -0.4 is 5.32 Å². The van der Waals surface area contributed by atoms with E-state index in [0.717, 1.165) is 21.6 Å². The number of nitrogens with zero attached hydrogens (tertiary/aromatic N) is 2. The smallest absolute Gasteiger partial charge is 0.210 e. The lowest BCUT2D eigenvalue weighted by Gasteiger charge is -2.11. The van der Waals surface area contributed by atoms with Crippen LogP contribution in [0, 0.1) is 6.92 Å². The minimum atomic E-state index is -2.93. The van der Waals surface area contributed by atoms with Gasteiger partial charge in [0, 0.05) is 17.7 Å². The number of aromatic nitrogens is 2. The maximum atomic E-state index is 11.1. The molecule has 2 rings (SSSR count). The van der Waals surface area contributed by atoms with Gasteiger partial charge in [0.25, 0.3) is 0 Å². The van der Waals surface area contributed by atoms with Crippen molar-refractivity contribution >= 4 is 43.8 Å². The highest BCUT2D eigenvalue weighted by atomic mass is 32.2. The first-order chi connectivity index (χ1) is 10.4. The Bertz CT molecular complexity index is 742. The Balaban J connectivity index is 2.04. The van der Waals surface area contributed by atoms with E-state index in [9.17, 15) is 8.42 Å². The minimum absolute atomic E-state index is 0.151. The zero-order valence-corrected chi connectivity index (χ0v) is 15.2. The van der Waals surface area contributed by atoms with E-state index in [-0.39, 0.29) is 5.75 Å². The maximum absolute atomic E-state index is 11.1. The Kier molecular flexibility index (Phi) is 5.82. The first-order valence-corrected chi connectivity index (χ1v) is 10.7. The van der Waals surface area contributed by atoms with Crippen LogP contribution in [0.1, 0.15) is 18.1 Å². The number of aryl methyl sites for hydroxylation is 2. The van der Waals surface area contributed by atoms with Crippen LogP contribution in [0.3, 0.4) is 0 Å². The zero-order chi connectivity index (χ0) is 16.2. The van der Waals surface area contributed by atoms with Crippen LogP contribution in [-0.2, 0) is 16.3 Å². The van der Waals surface area contributed by atoms with Crippen LogP contribution in [-0.4, -0.2) is 36.4 Å². The molecule has 0 amide bonds. The summed E-state index contributed by atoms with van der Waals surface area (Å²) >= 11 is 2.86. The van der Waals surface area contributed by atoms with E-state index in [1.165, 1.54) is 40.5 Å². The number of thioether (sulfide) groups is 1. The quantitative estimate of drug-likeness (QED) is 0.767. The second kappa shape index (κ2) is 7.43. The molecule has 0 unspecified atom stereocenters. The fourth-order valence-electron chi connectivity index (χ4n) is 1.91. The van der Waals surface area contributed by atoms with Crippen molar-refractivity contribution in [2.45, 2.75) is 24.6 Å². The molecular formula is C14H19N3O2S3. The van der Waals surface area contributed by atoms with Gasteiger partial charge < -0.3 is 5.32 Å². The first kappa shape index (κ1) is 17.2. The molecule has 1 N–H and O–H groups in total. The Morgan fingerprint density at radius 3 is 2.77 bits per heavy atom. The largest absolute Gasteiger partial charge is 0.330 e. The number of anilines is 2. The van der Waals surface area contributed by atoms with Crippen LogP contribution in [0.2, 0.25) is 0 Å². The van der Waals surface area contributed by atoms with E-state index in [4.69, 9.17) is 0 Å². The van der Waals surface area contributed by atoms with Crippen molar-refractivity contribution in [2.75, 3.05) is 23.1 Å². The van der Waals surface area contributed by atoms with E-state index in [1.807, 2.05) is 6.07 Å². The molecule has 5 nitrogen and oxygen atoms in total. The molecule has 0 aliphatic carbocycles. The molecule has 2 aromatic rings. The highest BCUT2D eigenvalue weighted by Gasteiger charge is 2.10. The molecule has 0 saturated heterocycles. The minimum Gasteiger partial charge on any atom is -0.330 e. The molecule has 1 aromatic heterocycles. The van der Waals surface area contributed by atoms with E-state index in [1.54, 1.807) is 0 Å². The van der Waals surface area contributed by atoms with Crippen LogP contribution >= 0.6 is 23.1 Å². The summed E-state index contributed by atoms with van der Waals surface area (Å²) in [7, 11) is -2.93. The van der Waals surface area contributed by atoms with Gasteiger partial charge in [-0.25, -0.2) is 8.42 Å². The summed E-state index contributed by atoms with van der Waals surface area (Å²) in [5.41, 5.74) is 3.48. The van der Waals surface area contributed by atoms with Gasteiger partial charge in [-0.1, -0.05) is 48.2 Å². The molecule has 0 bridgehead atoms. The summed E-state index contributed by atoms with van der Waals surface area (Å²) in [5.74, 6) is 0.649. The molecular weight excluding hydrogens is 338 g/mol. The number of benzene rings is 1. The van der Waals surface area contributed by atoms with Crippen molar-refractivity contribution in [1.29, 1.82) is 0 Å². The van der Waals surface area contributed by atoms with Crippen LogP contribution in [0.25, 0.3) is 0 Å². The summed E-state index contributed by atoms with van der Waals surface area (Å²) in [5, 5.41) is 12.3. The van der Waals surface area contributed by atoms with E-state index in [2.05, 4.69) is 41.5 Å². The van der Waals surface area contributed by atoms with E-state index >= 15 is 0 Å². The van der Waals surface area contributed by atoms with E-state index in [0.29, 0.717) is 5.75 Å². The summed E-state index contributed by atoms with van der Waals surface area (Å²) in [6, 6.07) is 6.20. The van der Waals surface area contributed by atoms with Crippen LogP contribution in [0.4, 0.5) is 10.8 Å². The van der Waals surface area contributed by atoms with Gasteiger partial charge in [0.1, 0.15) is 9.84 Å². The predicted molar refractivity (Wildman–Crippen MR) is 94.2 cm³/mol. The Morgan fingerprint density at radius 1 is 1.32 bits per heavy atom. The maximum Gasteiger partial charge on any atom is 0.210 e. The Labute approximate surface area is 139 Å². The van der Waals surface area contributed by atoms with Gasteiger partial charge in [0.05, 0.1) is 5.75 Å². The molecule has 0 radical (unpaired) electrons. The van der Waals surface area contributed by atoms with Crippen LogP contribution in [0.5, 0.6) is 0 Å². The Hall–Kier alpha value is -1.12. The van der Waals surface area contributed by atoms with Gasteiger partial charge >= 0.3 is 0 Å². The Morgan fingerprint density at radius 2 is 2.09 bits per heavy atom. The third-order valence-electron chi connectivity index (χ3n) is 3.06. The molecule has 8 heteroatoms. The number of rotatable bonds is 7. The SMILES string of the molecule is CCc1cccc(C)c1Nc1nnc(SCCS(C)(=O)=O)s1. The van der Waals surface area contributed by atoms with Crippen molar-refractivity contribution in [3.63, 3.8) is 0 Å². The van der Waals surface area contributed by atoms with Gasteiger partial charge in [-0.15, -0.1) is 10.2 Å². The fourth-order valence-corrected chi connectivity index (χ4v) is 4.93. The lowest BCUT2D eigenvalue weighted by Crippen LogP contribution is -2.04. The molecule has 0 atom stereocenters. The number of hydrogen-bond donors (Lipinski definition) is 1. The summed E-state index contributed by atoms with van der Waals surface area (Å²) in [6.45, 7) is 4.18. The highest BCUT2D eigenvalue weighted by molar-refractivity contribution is 8.02. The molecule has 0 fully saturated rings. The number of sulfone groups is 1. The monoisotopic (exact) mass is 357 g/mol. The first-order valence-electron chi connectivity index (χ1n) is 6.88. The predicted octanol–water partition coefficient (Wildman–Crippen LogP) is 3.29. The molecule has 0 aliphatic heterocycles. The molecule has 1 aromatic carbocycles. The van der Waals surface area contributed by atoms with Crippen molar-refractivity contribution in [1.82, 2.24) is 10.2 Å². The topological polar surface area (TPSA) is 72.0 Å². The van der Waals surface area contributed by atoms with Crippen molar-refractivity contribution in [3.8, 4) is 0 Å². The second-order valence-corrected chi connectivity index (χ2v) is 9.52. The summed E-state index contributed by atoms with van der Waals surface area (Å²) < 4.78 is 23.0. The summed E-state index contributed by atoms with van der Waals surface area (Å²) in [4.78, 5) is 0. The third-order valence-corrected chi connectivity index (χ3v) is 6.24. The van der Waals surface area contributed by atoms with E-state index < -0.39 is 9.84 Å². The normalized spacial score (nSPS) is 11.6. The third kappa shape index (κ3) is 4.96. The molecule has 22 heavy (non-hydrogen) atoms. The molecule has 0 aliphatic rings. The van der Waals surface area contributed by atoms with Gasteiger partial charge in [-0.2, -0.15) is 0 Å². The average Bonchev–Trinajstić information content (AvgIpc) is 2.87. The number of para-hydroxylation sites is 1. The van der Waals surface area contributed by atoms with Crippen molar-refractivity contribution in [2.24, 2.45) is 0 Å². The van der Waals surface area contributed by atoms with Crippen molar-refractivity contribution < 1.29 is 8.42 Å². The van der Waals surface area contributed by atoms with Gasteiger partial charge in [0.15, 0.2) is 4.34 Å². The fraction of sp³-hybridized carbons (Fsp3) is 0.429. The lowest BCUT2D eigenvalue weighted by atomic mass is 10.1. The molecule has 0 spiro atoms. The number of hydrogen-bond acceptors (Lipinski definition) is 7.